The van der Waals surface area contributed by atoms with Crippen LogP contribution in [0.1, 0.15) is 54.0 Å². The summed E-state index contributed by atoms with van der Waals surface area (Å²) in [6, 6.07) is 0.193. The van der Waals surface area contributed by atoms with Gasteiger partial charge in [0, 0.05) is 42.7 Å². The topological polar surface area (TPSA) is 70.6 Å². The van der Waals surface area contributed by atoms with E-state index in [4.69, 9.17) is 4.74 Å². The number of aromatic nitrogens is 2. The van der Waals surface area contributed by atoms with E-state index in [1.807, 2.05) is 25.7 Å². The van der Waals surface area contributed by atoms with Gasteiger partial charge in [-0.25, -0.2) is 14.8 Å². The van der Waals surface area contributed by atoms with Crippen molar-refractivity contribution >= 4 is 17.7 Å². The van der Waals surface area contributed by atoms with Crippen molar-refractivity contribution in [1.29, 1.82) is 0 Å². The molecule has 1 fully saturated rings. The molecule has 2 aliphatic rings. The van der Waals surface area contributed by atoms with Gasteiger partial charge in [0.25, 0.3) is 0 Å². The van der Waals surface area contributed by atoms with E-state index in [-0.39, 0.29) is 23.6 Å². The Bertz CT molecular complexity index is 698. The molecular weight excluding hydrogens is 330 g/mol. The van der Waals surface area contributed by atoms with Gasteiger partial charge in [-0.15, -0.1) is 0 Å². The summed E-state index contributed by atoms with van der Waals surface area (Å²) in [6.07, 6.45) is 1.38. The first kappa shape index (κ1) is 18.7. The summed E-state index contributed by atoms with van der Waals surface area (Å²) in [5.74, 6) is 1.91. The third kappa shape index (κ3) is 3.44. The minimum absolute atomic E-state index is 0.0167. The molecule has 7 heteroatoms. The highest BCUT2D eigenvalue weighted by atomic mass is 16.6. The number of nitrogens with zero attached hydrogens (tertiary/aromatic N) is 4. The fourth-order valence-corrected chi connectivity index (χ4v) is 3.74. The molecule has 1 amide bonds. The van der Waals surface area contributed by atoms with E-state index in [0.717, 1.165) is 24.7 Å². The van der Waals surface area contributed by atoms with E-state index >= 15 is 0 Å². The number of hydrogen-bond donors (Lipinski definition) is 1. The standard InChI is InChI=1S/C19H31N5O2/c1-12-9-24(17(25)26-18(3,4)5)13(2)8-23(12)16-14-15(21-11-22-16)20-10-19(14,6)7/h11-13H,8-10H2,1-7H3,(H,20,21,22)/t12-,13+/m0/s1. The molecule has 1 saturated heterocycles. The fraction of sp³-hybridized carbons (Fsp3) is 0.737. The molecule has 144 valence electrons. The van der Waals surface area contributed by atoms with Gasteiger partial charge in [-0.1, -0.05) is 13.8 Å². The van der Waals surface area contributed by atoms with Crippen molar-refractivity contribution in [3.63, 3.8) is 0 Å². The number of piperazine rings is 1. The summed E-state index contributed by atoms with van der Waals surface area (Å²) in [6.45, 7) is 16.5. The Hall–Kier alpha value is -2.05. The normalized spacial score (nSPS) is 24.9. The van der Waals surface area contributed by atoms with Crippen molar-refractivity contribution in [2.75, 3.05) is 29.9 Å². The number of carbonyl (C=O) groups excluding carboxylic acids is 1. The third-order valence-electron chi connectivity index (χ3n) is 5.09. The summed E-state index contributed by atoms with van der Waals surface area (Å²) < 4.78 is 5.58. The first-order chi connectivity index (χ1) is 12.0. The van der Waals surface area contributed by atoms with Crippen LogP contribution in [0.15, 0.2) is 6.33 Å². The van der Waals surface area contributed by atoms with Crippen LogP contribution in [0.4, 0.5) is 16.4 Å². The predicted octanol–water partition coefficient (Wildman–Crippen LogP) is 3.01. The first-order valence-corrected chi connectivity index (χ1v) is 9.35. The smallest absolute Gasteiger partial charge is 0.410 e. The summed E-state index contributed by atoms with van der Waals surface area (Å²) in [5.41, 5.74) is 0.669. The third-order valence-corrected chi connectivity index (χ3v) is 5.09. The molecule has 0 saturated carbocycles. The lowest BCUT2D eigenvalue weighted by molar-refractivity contribution is 0.0129. The second-order valence-corrected chi connectivity index (χ2v) is 9.14. The lowest BCUT2D eigenvalue weighted by Gasteiger charge is -2.45. The fourth-order valence-electron chi connectivity index (χ4n) is 3.74. The number of hydrogen-bond acceptors (Lipinski definition) is 6. The molecule has 2 aliphatic heterocycles. The molecule has 3 heterocycles. The second kappa shape index (κ2) is 6.28. The predicted molar refractivity (Wildman–Crippen MR) is 103 cm³/mol. The molecular formula is C19H31N5O2. The second-order valence-electron chi connectivity index (χ2n) is 9.14. The van der Waals surface area contributed by atoms with Crippen molar-refractivity contribution in [3.05, 3.63) is 11.9 Å². The van der Waals surface area contributed by atoms with Crippen LogP contribution in [-0.4, -0.2) is 58.3 Å². The van der Waals surface area contributed by atoms with E-state index in [0.29, 0.717) is 6.54 Å². The van der Waals surface area contributed by atoms with E-state index < -0.39 is 5.60 Å². The molecule has 1 aromatic rings. The number of rotatable bonds is 1. The number of ether oxygens (including phenoxy) is 1. The summed E-state index contributed by atoms with van der Waals surface area (Å²) >= 11 is 0. The number of carbonyl (C=O) groups is 1. The highest BCUT2D eigenvalue weighted by Crippen LogP contribution is 2.41. The molecule has 0 aliphatic carbocycles. The van der Waals surface area contributed by atoms with Gasteiger partial charge in [-0.2, -0.15) is 0 Å². The molecule has 26 heavy (non-hydrogen) atoms. The number of fused-ring (bicyclic) bond motifs is 1. The monoisotopic (exact) mass is 361 g/mol. The van der Waals surface area contributed by atoms with Gasteiger partial charge >= 0.3 is 6.09 Å². The van der Waals surface area contributed by atoms with Gasteiger partial charge in [-0.05, 0) is 34.6 Å². The van der Waals surface area contributed by atoms with Crippen molar-refractivity contribution in [3.8, 4) is 0 Å². The van der Waals surface area contributed by atoms with Crippen LogP contribution >= 0.6 is 0 Å². The van der Waals surface area contributed by atoms with Gasteiger partial charge in [0.05, 0.1) is 0 Å². The molecule has 0 bridgehead atoms. The zero-order valence-electron chi connectivity index (χ0n) is 17.0. The van der Waals surface area contributed by atoms with Gasteiger partial charge in [-0.3, -0.25) is 0 Å². The minimum Gasteiger partial charge on any atom is -0.444 e. The van der Waals surface area contributed by atoms with Crippen molar-refractivity contribution in [1.82, 2.24) is 14.9 Å². The van der Waals surface area contributed by atoms with Crippen LogP contribution in [0.5, 0.6) is 0 Å². The van der Waals surface area contributed by atoms with E-state index in [2.05, 4.69) is 47.9 Å². The Morgan fingerprint density at radius 2 is 1.92 bits per heavy atom. The minimum atomic E-state index is -0.486. The van der Waals surface area contributed by atoms with Gasteiger partial charge in [0.1, 0.15) is 23.6 Å². The van der Waals surface area contributed by atoms with Gasteiger partial charge in [0.2, 0.25) is 0 Å². The van der Waals surface area contributed by atoms with Gasteiger partial charge < -0.3 is 19.9 Å². The highest BCUT2D eigenvalue weighted by Gasteiger charge is 2.40. The molecule has 0 radical (unpaired) electrons. The molecule has 3 rings (SSSR count). The Morgan fingerprint density at radius 3 is 2.58 bits per heavy atom. The molecule has 1 aromatic heterocycles. The van der Waals surface area contributed by atoms with Crippen LogP contribution in [0.2, 0.25) is 0 Å². The Labute approximate surface area is 156 Å². The van der Waals surface area contributed by atoms with E-state index in [1.54, 1.807) is 6.33 Å². The molecule has 0 aromatic carbocycles. The summed E-state index contributed by atoms with van der Waals surface area (Å²) in [7, 11) is 0. The maximum Gasteiger partial charge on any atom is 0.410 e. The molecule has 1 N–H and O–H groups in total. The van der Waals surface area contributed by atoms with E-state index in [9.17, 15) is 4.79 Å². The van der Waals surface area contributed by atoms with Crippen LogP contribution < -0.4 is 10.2 Å². The number of nitrogens with one attached hydrogen (secondary N) is 1. The average Bonchev–Trinajstić information content (AvgIpc) is 2.83. The lowest BCUT2D eigenvalue weighted by Crippen LogP contribution is -2.59. The first-order valence-electron chi connectivity index (χ1n) is 9.35. The molecule has 7 nitrogen and oxygen atoms in total. The van der Waals surface area contributed by atoms with Crippen LogP contribution in [0.25, 0.3) is 0 Å². The maximum absolute atomic E-state index is 12.6. The quantitative estimate of drug-likeness (QED) is 0.829. The highest BCUT2D eigenvalue weighted by molar-refractivity contribution is 5.70. The van der Waals surface area contributed by atoms with Crippen LogP contribution in [0.3, 0.4) is 0 Å². The Balaban J connectivity index is 1.84. The molecule has 0 unspecified atom stereocenters. The molecule has 0 spiro atoms. The van der Waals surface area contributed by atoms with Gasteiger partial charge in [0.15, 0.2) is 0 Å². The Morgan fingerprint density at radius 1 is 1.23 bits per heavy atom. The van der Waals surface area contributed by atoms with Crippen molar-refractivity contribution < 1.29 is 9.53 Å². The average molecular weight is 361 g/mol. The largest absolute Gasteiger partial charge is 0.444 e. The van der Waals surface area contributed by atoms with E-state index in [1.165, 1.54) is 5.56 Å². The number of anilines is 2. The SMILES string of the molecule is C[C@@H]1CN(c2ncnc3c2C(C)(C)CN3)[C@@H](C)CN1C(=O)OC(C)(C)C. The Kier molecular flexibility index (Phi) is 4.53. The van der Waals surface area contributed by atoms with Crippen LogP contribution in [0, 0.1) is 0 Å². The maximum atomic E-state index is 12.6. The molecule has 2 atom stereocenters. The van der Waals surface area contributed by atoms with Crippen molar-refractivity contribution in [2.24, 2.45) is 0 Å². The number of amides is 1. The van der Waals surface area contributed by atoms with Crippen molar-refractivity contribution in [2.45, 2.75) is 71.6 Å². The summed E-state index contributed by atoms with van der Waals surface area (Å²) in [5, 5.41) is 3.39. The summed E-state index contributed by atoms with van der Waals surface area (Å²) in [4.78, 5) is 25.7. The van der Waals surface area contributed by atoms with Crippen LogP contribution in [-0.2, 0) is 10.2 Å². The zero-order valence-corrected chi connectivity index (χ0v) is 17.0. The lowest BCUT2D eigenvalue weighted by atomic mass is 9.87. The zero-order chi connectivity index (χ0) is 19.3.